The number of carbonyl (C=O) groups is 2. The Morgan fingerprint density at radius 2 is 2.37 bits per heavy atom. The van der Waals surface area contributed by atoms with E-state index in [2.05, 4.69) is 20.6 Å². The third-order valence-corrected chi connectivity index (χ3v) is 3.09. The highest BCUT2D eigenvalue weighted by molar-refractivity contribution is 7.98. The number of aromatic amines is 1. The molecule has 1 unspecified atom stereocenters. The zero-order valence-corrected chi connectivity index (χ0v) is 11.5. The summed E-state index contributed by atoms with van der Waals surface area (Å²) in [5, 5.41) is 14.0. The molecule has 0 aliphatic carbocycles. The molecule has 0 fully saturated rings. The van der Waals surface area contributed by atoms with E-state index >= 15 is 0 Å². The van der Waals surface area contributed by atoms with Gasteiger partial charge < -0.3 is 20.7 Å². The van der Waals surface area contributed by atoms with Crippen molar-refractivity contribution in [1.82, 2.24) is 20.6 Å². The molecule has 4 N–H and O–H groups in total. The number of nitrogens with zero attached hydrogens (tertiary/aromatic N) is 1. The number of carbonyl (C=O) groups excluding carboxylic acids is 1. The maximum Gasteiger partial charge on any atom is 0.326 e. The third-order valence-electron chi connectivity index (χ3n) is 2.45. The largest absolute Gasteiger partial charge is 0.480 e. The lowest BCUT2D eigenvalue weighted by Crippen LogP contribution is -2.46. The predicted octanol–water partition coefficient (Wildman–Crippen LogP) is 0.458. The van der Waals surface area contributed by atoms with Crippen molar-refractivity contribution >= 4 is 23.8 Å². The Morgan fingerprint density at radius 3 is 2.95 bits per heavy atom. The summed E-state index contributed by atoms with van der Waals surface area (Å²) in [6.07, 6.45) is 6.17. The monoisotopic (exact) mass is 286 g/mol. The van der Waals surface area contributed by atoms with Crippen molar-refractivity contribution in [2.24, 2.45) is 0 Å². The van der Waals surface area contributed by atoms with Crippen LogP contribution in [0.25, 0.3) is 0 Å². The smallest absolute Gasteiger partial charge is 0.326 e. The van der Waals surface area contributed by atoms with Crippen molar-refractivity contribution in [3.8, 4) is 0 Å². The first-order valence-electron chi connectivity index (χ1n) is 5.87. The molecule has 1 aromatic heterocycles. The summed E-state index contributed by atoms with van der Waals surface area (Å²) in [6, 6.07) is -1.31. The van der Waals surface area contributed by atoms with Crippen molar-refractivity contribution < 1.29 is 14.7 Å². The van der Waals surface area contributed by atoms with Crippen LogP contribution in [0.15, 0.2) is 12.5 Å². The van der Waals surface area contributed by atoms with Crippen LogP contribution in [0.2, 0.25) is 0 Å². The molecule has 19 heavy (non-hydrogen) atoms. The maximum absolute atomic E-state index is 11.5. The second-order valence-corrected chi connectivity index (χ2v) is 4.88. The fourth-order valence-electron chi connectivity index (χ4n) is 1.43. The van der Waals surface area contributed by atoms with Crippen LogP contribution in [-0.2, 0) is 11.2 Å². The molecular formula is C11H18N4O3S. The van der Waals surface area contributed by atoms with Crippen LogP contribution in [-0.4, -0.2) is 51.7 Å². The second kappa shape index (κ2) is 8.41. The molecule has 2 amide bonds. The molecule has 0 aromatic carbocycles. The highest BCUT2D eigenvalue weighted by Crippen LogP contribution is 2.00. The van der Waals surface area contributed by atoms with Crippen molar-refractivity contribution in [3.05, 3.63) is 18.2 Å². The van der Waals surface area contributed by atoms with Gasteiger partial charge in [0.15, 0.2) is 0 Å². The lowest BCUT2D eigenvalue weighted by Gasteiger charge is -2.14. The van der Waals surface area contributed by atoms with Crippen LogP contribution >= 0.6 is 11.8 Å². The van der Waals surface area contributed by atoms with Gasteiger partial charge in [-0.3, -0.25) is 0 Å². The summed E-state index contributed by atoms with van der Waals surface area (Å²) in [5.41, 5.74) is 0.914. The number of hydrogen-bond acceptors (Lipinski definition) is 4. The number of H-pyrrole nitrogens is 1. The van der Waals surface area contributed by atoms with Crippen LogP contribution in [0.3, 0.4) is 0 Å². The van der Waals surface area contributed by atoms with Gasteiger partial charge in [-0.25, -0.2) is 14.6 Å². The lowest BCUT2D eigenvalue weighted by molar-refractivity contribution is -0.139. The Labute approximate surface area is 115 Å². The second-order valence-electron chi connectivity index (χ2n) is 3.90. The number of aromatic nitrogens is 2. The summed E-state index contributed by atoms with van der Waals surface area (Å²) >= 11 is 1.54. The van der Waals surface area contributed by atoms with Gasteiger partial charge in [0.1, 0.15) is 6.04 Å². The zero-order chi connectivity index (χ0) is 14.1. The summed E-state index contributed by atoms with van der Waals surface area (Å²) in [6.45, 7) is 0.420. The van der Waals surface area contributed by atoms with Crippen molar-refractivity contribution in [3.63, 3.8) is 0 Å². The van der Waals surface area contributed by atoms with Gasteiger partial charge in [-0.1, -0.05) is 0 Å². The fraction of sp³-hybridized carbons (Fsp3) is 0.545. The number of thioether (sulfide) groups is 1. The molecule has 8 heteroatoms. The standard InChI is InChI=1S/C11H18N4O3S/c1-19-5-3-9(10(16)17)15-11(18)13-4-2-8-6-12-7-14-8/h6-7,9H,2-5H2,1H3,(H,12,14)(H,16,17)(H2,13,15,18). The number of urea groups is 1. The molecule has 1 atom stereocenters. The first-order chi connectivity index (χ1) is 9.13. The number of aliphatic carboxylic acids is 1. The van der Waals surface area contributed by atoms with E-state index in [1.54, 1.807) is 24.3 Å². The number of hydrogen-bond donors (Lipinski definition) is 4. The van der Waals surface area contributed by atoms with E-state index in [9.17, 15) is 9.59 Å². The van der Waals surface area contributed by atoms with E-state index in [-0.39, 0.29) is 0 Å². The van der Waals surface area contributed by atoms with Crippen LogP contribution in [0.4, 0.5) is 4.79 Å². The third kappa shape index (κ3) is 6.14. The summed E-state index contributed by atoms with van der Waals surface area (Å²) in [4.78, 5) is 29.2. The average molecular weight is 286 g/mol. The molecule has 0 radical (unpaired) electrons. The molecule has 0 aliphatic heterocycles. The first kappa shape index (κ1) is 15.4. The Bertz CT molecular complexity index is 397. The zero-order valence-electron chi connectivity index (χ0n) is 10.7. The topological polar surface area (TPSA) is 107 Å². The van der Waals surface area contributed by atoms with Gasteiger partial charge >= 0.3 is 12.0 Å². The average Bonchev–Trinajstić information content (AvgIpc) is 2.87. The number of amides is 2. The van der Waals surface area contributed by atoms with E-state index in [0.717, 1.165) is 5.69 Å². The Morgan fingerprint density at radius 1 is 1.58 bits per heavy atom. The van der Waals surface area contributed by atoms with Crippen molar-refractivity contribution in [2.45, 2.75) is 18.9 Å². The van der Waals surface area contributed by atoms with E-state index in [0.29, 0.717) is 25.1 Å². The summed E-state index contributed by atoms with van der Waals surface area (Å²) in [7, 11) is 0. The molecule has 106 valence electrons. The summed E-state index contributed by atoms with van der Waals surface area (Å²) in [5.74, 6) is -0.330. The van der Waals surface area contributed by atoms with Crippen LogP contribution in [0.5, 0.6) is 0 Å². The molecule has 1 rings (SSSR count). The normalized spacial score (nSPS) is 11.8. The van der Waals surface area contributed by atoms with Gasteiger partial charge in [-0.15, -0.1) is 0 Å². The molecule has 0 saturated carbocycles. The fourth-order valence-corrected chi connectivity index (χ4v) is 1.91. The quantitative estimate of drug-likeness (QED) is 0.555. The molecule has 0 saturated heterocycles. The first-order valence-corrected chi connectivity index (χ1v) is 7.26. The molecule has 0 spiro atoms. The van der Waals surface area contributed by atoms with Crippen molar-refractivity contribution in [2.75, 3.05) is 18.6 Å². The summed E-state index contributed by atoms with van der Waals surface area (Å²) < 4.78 is 0. The van der Waals surface area contributed by atoms with Crippen LogP contribution in [0, 0.1) is 0 Å². The van der Waals surface area contributed by atoms with Gasteiger partial charge in [0.05, 0.1) is 6.33 Å². The van der Waals surface area contributed by atoms with Gasteiger partial charge in [0.2, 0.25) is 0 Å². The minimum atomic E-state index is -1.02. The molecule has 1 heterocycles. The van der Waals surface area contributed by atoms with Crippen LogP contribution < -0.4 is 10.6 Å². The minimum absolute atomic E-state index is 0.407. The molecule has 0 aliphatic rings. The van der Waals surface area contributed by atoms with E-state index in [1.165, 1.54) is 0 Å². The van der Waals surface area contributed by atoms with E-state index in [1.807, 2.05) is 6.26 Å². The van der Waals surface area contributed by atoms with Crippen LogP contribution in [0.1, 0.15) is 12.1 Å². The number of nitrogens with one attached hydrogen (secondary N) is 3. The number of carboxylic acids is 1. The molecule has 7 nitrogen and oxygen atoms in total. The Balaban J connectivity index is 2.25. The van der Waals surface area contributed by atoms with Gasteiger partial charge in [0.25, 0.3) is 0 Å². The van der Waals surface area contributed by atoms with Gasteiger partial charge in [-0.2, -0.15) is 11.8 Å². The van der Waals surface area contributed by atoms with E-state index in [4.69, 9.17) is 5.11 Å². The number of imidazole rings is 1. The minimum Gasteiger partial charge on any atom is -0.480 e. The van der Waals surface area contributed by atoms with E-state index < -0.39 is 18.0 Å². The SMILES string of the molecule is CSCCC(NC(=O)NCCc1cnc[nH]1)C(=O)O. The predicted molar refractivity (Wildman–Crippen MR) is 73.2 cm³/mol. The lowest BCUT2D eigenvalue weighted by atomic mass is 10.2. The Hall–Kier alpha value is -1.70. The number of carboxylic acid groups (broad SMARTS) is 1. The molecule has 1 aromatic rings. The molecular weight excluding hydrogens is 268 g/mol. The van der Waals surface area contributed by atoms with Crippen molar-refractivity contribution in [1.29, 1.82) is 0 Å². The Kier molecular flexibility index (Phi) is 6.80. The van der Waals surface area contributed by atoms with Gasteiger partial charge in [0, 0.05) is 24.9 Å². The highest BCUT2D eigenvalue weighted by Gasteiger charge is 2.18. The van der Waals surface area contributed by atoms with Gasteiger partial charge in [-0.05, 0) is 18.4 Å². The number of rotatable bonds is 8. The maximum atomic E-state index is 11.5. The highest BCUT2D eigenvalue weighted by atomic mass is 32.2. The molecule has 0 bridgehead atoms.